The van der Waals surface area contributed by atoms with Gasteiger partial charge in [0.05, 0.1) is 0 Å². The molecule has 0 atom stereocenters. The van der Waals surface area contributed by atoms with Crippen LogP contribution in [-0.2, 0) is 55.7 Å². The Kier molecular flexibility index (Phi) is 47.2. The monoisotopic (exact) mass is 266 g/mol. The van der Waals surface area contributed by atoms with Crippen molar-refractivity contribution in [1.29, 1.82) is 0 Å². The summed E-state index contributed by atoms with van der Waals surface area (Å²) in [6, 6.07) is 0. The van der Waals surface area contributed by atoms with E-state index in [9.17, 15) is 0 Å². The Labute approximate surface area is 107 Å². The summed E-state index contributed by atoms with van der Waals surface area (Å²) in [5.41, 5.74) is 0. The summed E-state index contributed by atoms with van der Waals surface area (Å²) in [4.78, 5) is 0. The molecule has 1 aliphatic rings. The Bertz CT molecular complexity index is 29.2. The van der Waals surface area contributed by atoms with Gasteiger partial charge in [-0.2, -0.15) is 6.92 Å². The Balaban J connectivity index is -0.0000000459. The summed E-state index contributed by atoms with van der Waals surface area (Å²) in [5.74, 6) is 0. The fourth-order valence-electron chi connectivity index (χ4n) is 0.736. The van der Waals surface area contributed by atoms with Crippen molar-refractivity contribution in [2.24, 2.45) is 0 Å². The van der Waals surface area contributed by atoms with Gasteiger partial charge in [0, 0.05) is 37.1 Å². The topological polar surface area (TPSA) is 14.1 Å². The SMILES string of the molecule is C1CC[N-]CC1.[CH2-]C.[V+2].[V].[V]. The van der Waals surface area contributed by atoms with Gasteiger partial charge in [0.15, 0.2) is 0 Å². The Morgan fingerprint density at radius 1 is 0.909 bits per heavy atom. The summed E-state index contributed by atoms with van der Waals surface area (Å²) in [6.07, 6.45) is 4.07. The molecule has 1 rings (SSSR count). The molecule has 3 radical (unpaired) electrons. The van der Waals surface area contributed by atoms with Crippen molar-refractivity contribution in [1.82, 2.24) is 0 Å². The maximum atomic E-state index is 4.18. The van der Waals surface area contributed by atoms with Crippen molar-refractivity contribution in [3.05, 3.63) is 12.2 Å². The Hall–Kier alpha value is 1.71. The minimum absolute atomic E-state index is 0. The summed E-state index contributed by atoms with van der Waals surface area (Å²) in [5, 5.41) is 4.18. The maximum absolute atomic E-state index is 4.18. The third-order valence-electron chi connectivity index (χ3n) is 1.13. The third-order valence-corrected chi connectivity index (χ3v) is 1.13. The summed E-state index contributed by atoms with van der Waals surface area (Å²) in [6.45, 7) is 7.25. The molecule has 1 saturated heterocycles. The predicted octanol–water partition coefficient (Wildman–Crippen LogP) is 2.38. The zero-order valence-corrected chi connectivity index (χ0v) is 11.2. The number of hydrogen-bond donors (Lipinski definition) is 0. The van der Waals surface area contributed by atoms with Gasteiger partial charge in [0.2, 0.25) is 0 Å². The first-order valence-corrected chi connectivity index (χ1v) is 3.34. The van der Waals surface area contributed by atoms with Crippen LogP contribution in [-0.4, -0.2) is 13.1 Å². The van der Waals surface area contributed by atoms with E-state index in [-0.39, 0.29) is 55.7 Å². The quantitative estimate of drug-likeness (QED) is 0.598. The predicted molar refractivity (Wildman–Crippen MR) is 38.0 cm³/mol. The van der Waals surface area contributed by atoms with Crippen LogP contribution >= 0.6 is 0 Å². The molecule has 0 aliphatic carbocycles. The number of rotatable bonds is 0. The summed E-state index contributed by atoms with van der Waals surface area (Å²) in [7, 11) is 0. The number of piperidine rings is 1. The van der Waals surface area contributed by atoms with Crippen molar-refractivity contribution in [3.63, 3.8) is 0 Å². The molecule has 1 fully saturated rings. The fourth-order valence-corrected chi connectivity index (χ4v) is 0.736. The van der Waals surface area contributed by atoms with Crippen LogP contribution in [0.5, 0.6) is 0 Å². The van der Waals surface area contributed by atoms with E-state index in [0.29, 0.717) is 0 Å². The van der Waals surface area contributed by atoms with E-state index in [4.69, 9.17) is 0 Å². The third kappa shape index (κ3) is 18.6. The van der Waals surface area contributed by atoms with Crippen LogP contribution in [0.15, 0.2) is 0 Å². The van der Waals surface area contributed by atoms with Gasteiger partial charge in [-0.25, -0.2) is 0 Å². The van der Waals surface area contributed by atoms with Crippen molar-refractivity contribution < 1.29 is 55.7 Å². The van der Waals surface area contributed by atoms with Gasteiger partial charge in [0.1, 0.15) is 0 Å². The van der Waals surface area contributed by atoms with Crippen LogP contribution in [0.3, 0.4) is 0 Å². The van der Waals surface area contributed by atoms with Crippen molar-refractivity contribution in [3.8, 4) is 0 Å². The summed E-state index contributed by atoms with van der Waals surface area (Å²) < 4.78 is 0. The molecule has 0 bridgehead atoms. The zero-order chi connectivity index (χ0) is 6.24. The minimum atomic E-state index is 0. The van der Waals surface area contributed by atoms with E-state index in [1.165, 1.54) is 19.3 Å². The molecular formula is C7H15NV3. The van der Waals surface area contributed by atoms with Crippen LogP contribution in [0.4, 0.5) is 0 Å². The first-order valence-electron chi connectivity index (χ1n) is 3.34. The van der Waals surface area contributed by atoms with E-state index < -0.39 is 0 Å². The first-order chi connectivity index (χ1) is 4.00. The molecule has 1 heterocycles. The Morgan fingerprint density at radius 2 is 1.27 bits per heavy atom. The molecule has 1 aliphatic heterocycles. The molecule has 0 spiro atoms. The summed E-state index contributed by atoms with van der Waals surface area (Å²) >= 11 is 0. The van der Waals surface area contributed by atoms with Gasteiger partial charge < -0.3 is 12.2 Å². The van der Waals surface area contributed by atoms with E-state index >= 15 is 0 Å². The van der Waals surface area contributed by atoms with E-state index in [1.54, 1.807) is 6.92 Å². The van der Waals surface area contributed by atoms with Gasteiger partial charge in [-0.15, -0.1) is 13.1 Å². The van der Waals surface area contributed by atoms with Gasteiger partial charge in [0.25, 0.3) is 0 Å². The number of hydrogen-bond acceptors (Lipinski definition) is 0. The van der Waals surface area contributed by atoms with Crippen LogP contribution in [0.25, 0.3) is 5.32 Å². The van der Waals surface area contributed by atoms with Gasteiger partial charge in [-0.3, -0.25) is 0 Å². The molecule has 11 heavy (non-hydrogen) atoms. The van der Waals surface area contributed by atoms with Gasteiger partial charge in [-0.05, 0) is 0 Å². The van der Waals surface area contributed by atoms with Crippen LogP contribution in [0.1, 0.15) is 26.2 Å². The van der Waals surface area contributed by atoms with E-state index in [0.717, 1.165) is 13.1 Å². The van der Waals surface area contributed by atoms with Crippen molar-refractivity contribution in [2.75, 3.05) is 13.1 Å². The molecule has 1 nitrogen and oxygen atoms in total. The standard InChI is InChI=1S/C5H10N.C2H5.3V/c1-2-4-6-5-3-1;1-2;;;/h1-5H2;1H2,2H3;;;/q2*-1;;;+2. The first kappa shape index (κ1) is 23.0. The molecule has 0 N–H and O–H groups in total. The largest absolute Gasteiger partial charge is 2.00 e. The van der Waals surface area contributed by atoms with Gasteiger partial charge in [-0.1, -0.05) is 19.3 Å². The fraction of sp³-hybridized carbons (Fsp3) is 0.857. The average molecular weight is 266 g/mol. The van der Waals surface area contributed by atoms with Crippen molar-refractivity contribution >= 4 is 0 Å². The second-order valence-corrected chi connectivity index (χ2v) is 1.73. The molecule has 0 aromatic rings. The minimum Gasteiger partial charge on any atom is -0.662 e. The Morgan fingerprint density at radius 3 is 1.36 bits per heavy atom. The van der Waals surface area contributed by atoms with Crippen LogP contribution in [0.2, 0.25) is 0 Å². The average Bonchev–Trinajstić information content (AvgIpc) is 1.96. The molecule has 63 valence electrons. The molecule has 0 amide bonds. The van der Waals surface area contributed by atoms with Crippen LogP contribution in [0, 0.1) is 6.92 Å². The molecule has 0 unspecified atom stereocenters. The van der Waals surface area contributed by atoms with E-state index in [1.807, 2.05) is 0 Å². The second-order valence-electron chi connectivity index (χ2n) is 1.73. The van der Waals surface area contributed by atoms with Gasteiger partial charge >= 0.3 is 18.6 Å². The number of nitrogens with zero attached hydrogens (tertiary/aromatic N) is 1. The van der Waals surface area contributed by atoms with Crippen LogP contribution < -0.4 is 0 Å². The molecule has 4 heteroatoms. The van der Waals surface area contributed by atoms with E-state index in [2.05, 4.69) is 12.2 Å². The molecule has 0 saturated carbocycles. The smallest absolute Gasteiger partial charge is 0.662 e. The second kappa shape index (κ2) is 22.6. The zero-order valence-electron chi connectivity index (χ0n) is 7.03. The van der Waals surface area contributed by atoms with Crippen molar-refractivity contribution in [2.45, 2.75) is 26.2 Å². The molecule has 0 aromatic heterocycles. The maximum Gasteiger partial charge on any atom is 2.00 e. The molecule has 0 aromatic carbocycles. The molecular weight excluding hydrogens is 251 g/mol. The normalized spacial score (nSPS) is 13.6.